The Balaban J connectivity index is 1.56. The van der Waals surface area contributed by atoms with E-state index in [2.05, 4.69) is 4.90 Å². The van der Waals surface area contributed by atoms with Crippen LogP contribution in [0, 0.1) is 0 Å². The highest BCUT2D eigenvalue weighted by molar-refractivity contribution is 6.09. The molecule has 1 aliphatic rings. The molecule has 1 heterocycles. The van der Waals surface area contributed by atoms with Crippen molar-refractivity contribution >= 4 is 17.6 Å². The smallest absolute Gasteiger partial charge is 0.410 e. The van der Waals surface area contributed by atoms with E-state index in [9.17, 15) is 9.59 Å². The first-order valence-corrected chi connectivity index (χ1v) is 11.1. The maximum absolute atomic E-state index is 12.6. The lowest BCUT2D eigenvalue weighted by Gasteiger charge is -2.35. The molecular formula is C26H33N3O4. The molecule has 0 aromatic heterocycles. The number of para-hydroxylation sites is 1. The second kappa shape index (κ2) is 10.5. The van der Waals surface area contributed by atoms with Crippen molar-refractivity contribution < 1.29 is 19.1 Å². The van der Waals surface area contributed by atoms with Gasteiger partial charge in [-0.2, -0.15) is 0 Å². The zero-order chi connectivity index (χ0) is 24.0. The van der Waals surface area contributed by atoms with E-state index >= 15 is 0 Å². The molecule has 1 aliphatic heterocycles. The molecule has 0 unspecified atom stereocenters. The Morgan fingerprint density at radius 3 is 2.24 bits per heavy atom. The van der Waals surface area contributed by atoms with Crippen LogP contribution in [0.25, 0.3) is 5.70 Å². The van der Waals surface area contributed by atoms with Gasteiger partial charge in [0.2, 0.25) is 0 Å². The van der Waals surface area contributed by atoms with Crippen molar-refractivity contribution in [1.29, 1.82) is 0 Å². The SMILES string of the molecule is COc1ccccc1C(=O)/C=C(\N)c1ccc(CN2CCN(C(=O)OC(C)(C)C)CC2)cc1. The van der Waals surface area contributed by atoms with E-state index in [1.165, 1.54) is 13.2 Å². The molecule has 0 spiro atoms. The minimum absolute atomic E-state index is 0.197. The molecule has 2 N–H and O–H groups in total. The molecule has 0 atom stereocenters. The molecule has 0 aliphatic carbocycles. The van der Waals surface area contributed by atoms with E-state index < -0.39 is 5.60 Å². The lowest BCUT2D eigenvalue weighted by Crippen LogP contribution is -2.49. The second-order valence-corrected chi connectivity index (χ2v) is 9.10. The molecule has 2 aromatic carbocycles. The van der Waals surface area contributed by atoms with E-state index in [4.69, 9.17) is 15.2 Å². The Morgan fingerprint density at radius 2 is 1.64 bits per heavy atom. The predicted octanol–water partition coefficient (Wildman–Crippen LogP) is 3.93. The van der Waals surface area contributed by atoms with Gasteiger partial charge in [-0.15, -0.1) is 0 Å². The summed E-state index contributed by atoms with van der Waals surface area (Å²) in [5, 5.41) is 0. The maximum atomic E-state index is 12.6. The van der Waals surface area contributed by atoms with Gasteiger partial charge in [0.25, 0.3) is 0 Å². The standard InChI is InChI=1S/C26H33N3O4/c1-26(2,3)33-25(31)29-15-13-28(14-16-29)18-19-9-11-20(12-10-19)22(27)17-23(30)21-7-5-6-8-24(21)32-4/h5-12,17H,13-16,18,27H2,1-4H3/b22-17-. The van der Waals surface area contributed by atoms with Crippen LogP contribution >= 0.6 is 0 Å². The van der Waals surface area contributed by atoms with Gasteiger partial charge in [-0.1, -0.05) is 36.4 Å². The number of hydrogen-bond donors (Lipinski definition) is 1. The Hall–Kier alpha value is -3.32. The minimum Gasteiger partial charge on any atom is -0.496 e. The molecule has 0 radical (unpaired) electrons. The van der Waals surface area contributed by atoms with Crippen molar-refractivity contribution in [2.75, 3.05) is 33.3 Å². The zero-order valence-electron chi connectivity index (χ0n) is 19.8. The monoisotopic (exact) mass is 451 g/mol. The van der Waals surface area contributed by atoms with E-state index in [0.29, 0.717) is 30.1 Å². The number of ether oxygens (including phenoxy) is 2. The number of allylic oxidation sites excluding steroid dienone is 1. The number of nitrogens with zero attached hydrogens (tertiary/aromatic N) is 2. The van der Waals surface area contributed by atoms with E-state index in [1.807, 2.05) is 51.1 Å². The summed E-state index contributed by atoms with van der Waals surface area (Å²) < 4.78 is 10.7. The van der Waals surface area contributed by atoms with Crippen molar-refractivity contribution in [2.24, 2.45) is 5.73 Å². The molecule has 1 amide bonds. The third-order valence-electron chi connectivity index (χ3n) is 5.38. The summed E-state index contributed by atoms with van der Waals surface area (Å²) in [5.41, 5.74) is 8.52. The Bertz CT molecular complexity index is 1000. The fourth-order valence-corrected chi connectivity index (χ4v) is 3.63. The van der Waals surface area contributed by atoms with Crippen LogP contribution in [0.4, 0.5) is 4.79 Å². The molecule has 3 rings (SSSR count). The molecule has 2 aromatic rings. The molecule has 1 fully saturated rings. The second-order valence-electron chi connectivity index (χ2n) is 9.10. The first-order valence-electron chi connectivity index (χ1n) is 11.1. The highest BCUT2D eigenvalue weighted by Gasteiger charge is 2.25. The van der Waals surface area contributed by atoms with Crippen LogP contribution in [0.1, 0.15) is 42.3 Å². The number of hydrogen-bond acceptors (Lipinski definition) is 6. The average molecular weight is 452 g/mol. The lowest BCUT2D eigenvalue weighted by atomic mass is 10.0. The highest BCUT2D eigenvalue weighted by atomic mass is 16.6. The van der Waals surface area contributed by atoms with Gasteiger partial charge >= 0.3 is 6.09 Å². The molecule has 176 valence electrons. The number of carbonyl (C=O) groups excluding carboxylic acids is 2. The number of rotatable bonds is 6. The van der Waals surface area contributed by atoms with Crippen LogP contribution in [0.3, 0.4) is 0 Å². The fraction of sp³-hybridized carbons (Fsp3) is 0.385. The summed E-state index contributed by atoms with van der Waals surface area (Å²) in [6.07, 6.45) is 1.18. The quantitative estimate of drug-likeness (QED) is 0.529. The van der Waals surface area contributed by atoms with Gasteiger partial charge in [-0.25, -0.2) is 4.79 Å². The van der Waals surface area contributed by atoms with Crippen molar-refractivity contribution in [1.82, 2.24) is 9.80 Å². The number of nitrogens with two attached hydrogens (primary N) is 1. The van der Waals surface area contributed by atoms with Gasteiger partial charge in [0.05, 0.1) is 12.7 Å². The third-order valence-corrected chi connectivity index (χ3v) is 5.38. The fourth-order valence-electron chi connectivity index (χ4n) is 3.63. The molecule has 7 heteroatoms. The Morgan fingerprint density at radius 1 is 1.00 bits per heavy atom. The van der Waals surface area contributed by atoms with Crippen LogP contribution in [0.15, 0.2) is 54.6 Å². The van der Waals surface area contributed by atoms with Gasteiger partial charge < -0.3 is 20.1 Å². The van der Waals surface area contributed by atoms with E-state index in [1.54, 1.807) is 23.1 Å². The van der Waals surface area contributed by atoms with Gasteiger partial charge in [-0.3, -0.25) is 9.69 Å². The molecular weight excluding hydrogens is 418 g/mol. The Labute approximate surface area is 195 Å². The number of methoxy groups -OCH3 is 1. The van der Waals surface area contributed by atoms with Crippen LogP contribution in [-0.4, -0.2) is 60.6 Å². The molecule has 0 saturated carbocycles. The summed E-state index contributed by atoms with van der Waals surface area (Å²) in [5.74, 6) is 0.325. The minimum atomic E-state index is -0.482. The van der Waals surface area contributed by atoms with Crippen LogP contribution in [0.5, 0.6) is 5.75 Å². The Kier molecular flexibility index (Phi) is 7.76. The molecule has 33 heavy (non-hydrogen) atoms. The zero-order valence-corrected chi connectivity index (χ0v) is 19.8. The maximum Gasteiger partial charge on any atom is 0.410 e. The van der Waals surface area contributed by atoms with Crippen LogP contribution in [-0.2, 0) is 11.3 Å². The predicted molar refractivity (Wildman–Crippen MR) is 129 cm³/mol. The van der Waals surface area contributed by atoms with Crippen molar-refractivity contribution in [2.45, 2.75) is 32.9 Å². The normalized spacial score (nSPS) is 15.3. The number of amides is 1. The van der Waals surface area contributed by atoms with E-state index in [-0.39, 0.29) is 11.9 Å². The van der Waals surface area contributed by atoms with Crippen LogP contribution < -0.4 is 10.5 Å². The first-order chi connectivity index (χ1) is 15.7. The summed E-state index contributed by atoms with van der Waals surface area (Å²) in [6, 6.07) is 15.0. The summed E-state index contributed by atoms with van der Waals surface area (Å²) in [6.45, 7) is 9.28. The van der Waals surface area contributed by atoms with Gasteiger partial charge in [0.1, 0.15) is 11.4 Å². The highest BCUT2D eigenvalue weighted by Crippen LogP contribution is 2.20. The third kappa shape index (κ3) is 6.83. The van der Waals surface area contributed by atoms with Gasteiger partial charge in [0, 0.05) is 44.5 Å². The van der Waals surface area contributed by atoms with Crippen molar-refractivity contribution in [3.63, 3.8) is 0 Å². The van der Waals surface area contributed by atoms with Gasteiger partial charge in [-0.05, 0) is 44.0 Å². The molecule has 7 nitrogen and oxygen atoms in total. The molecule has 0 bridgehead atoms. The van der Waals surface area contributed by atoms with E-state index in [0.717, 1.165) is 30.8 Å². The average Bonchev–Trinajstić information content (AvgIpc) is 2.78. The van der Waals surface area contributed by atoms with Crippen molar-refractivity contribution in [3.8, 4) is 5.75 Å². The number of benzene rings is 2. The summed E-state index contributed by atoms with van der Waals surface area (Å²) in [4.78, 5) is 28.9. The number of carbonyl (C=O) groups is 2. The largest absolute Gasteiger partial charge is 0.496 e. The summed E-state index contributed by atoms with van der Waals surface area (Å²) in [7, 11) is 1.54. The number of piperazine rings is 1. The van der Waals surface area contributed by atoms with Gasteiger partial charge in [0.15, 0.2) is 5.78 Å². The topological polar surface area (TPSA) is 85.1 Å². The summed E-state index contributed by atoms with van der Waals surface area (Å²) >= 11 is 0. The molecule has 1 saturated heterocycles. The van der Waals surface area contributed by atoms with Crippen LogP contribution in [0.2, 0.25) is 0 Å². The lowest BCUT2D eigenvalue weighted by molar-refractivity contribution is 0.0139. The first kappa shape index (κ1) is 24.3. The van der Waals surface area contributed by atoms with Crippen molar-refractivity contribution in [3.05, 3.63) is 71.3 Å². The number of ketones is 1.